The van der Waals surface area contributed by atoms with Gasteiger partial charge in [-0.05, 0) is 37.1 Å². The van der Waals surface area contributed by atoms with Crippen molar-refractivity contribution in [1.82, 2.24) is 10.6 Å². The third-order valence-electron chi connectivity index (χ3n) is 5.15. The molecule has 0 saturated carbocycles. The van der Waals surface area contributed by atoms with Crippen molar-refractivity contribution in [1.29, 1.82) is 0 Å². The summed E-state index contributed by atoms with van der Waals surface area (Å²) >= 11 is 0. The Hall–Kier alpha value is -2.34. The molecule has 0 aliphatic carbocycles. The maximum Gasteiger partial charge on any atom is 0.416 e. The SMILES string of the molecule is CC(C)(NC(=O)[C@@H]1CNC[C@H]1c1ccc(C(F)(F)F)cc1)c1ccccc1. The quantitative estimate of drug-likeness (QED) is 0.845. The van der Waals surface area contributed by atoms with Gasteiger partial charge < -0.3 is 10.6 Å². The fraction of sp³-hybridized carbons (Fsp3) is 0.381. The van der Waals surface area contributed by atoms with Crippen LogP contribution in [0.15, 0.2) is 54.6 Å². The van der Waals surface area contributed by atoms with Crippen molar-refractivity contribution < 1.29 is 18.0 Å². The summed E-state index contributed by atoms with van der Waals surface area (Å²) in [4.78, 5) is 12.9. The minimum atomic E-state index is -4.36. The summed E-state index contributed by atoms with van der Waals surface area (Å²) in [5, 5.41) is 6.28. The molecule has 0 bridgehead atoms. The maximum absolute atomic E-state index is 12.9. The fourth-order valence-corrected chi connectivity index (χ4v) is 3.55. The number of rotatable bonds is 4. The van der Waals surface area contributed by atoms with Gasteiger partial charge in [0.25, 0.3) is 0 Å². The van der Waals surface area contributed by atoms with Gasteiger partial charge in [-0.2, -0.15) is 13.2 Å². The number of carbonyl (C=O) groups is 1. The van der Waals surface area contributed by atoms with E-state index in [1.54, 1.807) is 0 Å². The molecule has 1 saturated heterocycles. The van der Waals surface area contributed by atoms with E-state index in [-0.39, 0.29) is 17.7 Å². The lowest BCUT2D eigenvalue weighted by molar-refractivity contribution is -0.137. The zero-order chi connectivity index (χ0) is 19.7. The molecule has 3 rings (SSSR count). The predicted molar refractivity (Wildman–Crippen MR) is 98.2 cm³/mol. The first-order valence-electron chi connectivity index (χ1n) is 8.94. The third kappa shape index (κ3) is 4.33. The minimum Gasteiger partial charge on any atom is -0.347 e. The highest BCUT2D eigenvalue weighted by atomic mass is 19.4. The summed E-state index contributed by atoms with van der Waals surface area (Å²) in [6.07, 6.45) is -4.36. The molecule has 0 spiro atoms. The monoisotopic (exact) mass is 376 g/mol. The van der Waals surface area contributed by atoms with Crippen molar-refractivity contribution >= 4 is 5.91 Å². The van der Waals surface area contributed by atoms with Crippen LogP contribution in [0.3, 0.4) is 0 Å². The summed E-state index contributed by atoms with van der Waals surface area (Å²) < 4.78 is 38.3. The van der Waals surface area contributed by atoms with Crippen molar-refractivity contribution in [3.05, 3.63) is 71.3 Å². The fourth-order valence-electron chi connectivity index (χ4n) is 3.55. The van der Waals surface area contributed by atoms with Gasteiger partial charge in [-0.3, -0.25) is 4.79 Å². The van der Waals surface area contributed by atoms with Crippen LogP contribution in [-0.2, 0) is 16.5 Å². The van der Waals surface area contributed by atoms with Gasteiger partial charge in [0, 0.05) is 19.0 Å². The first-order valence-corrected chi connectivity index (χ1v) is 8.94. The Morgan fingerprint density at radius 3 is 2.19 bits per heavy atom. The Kier molecular flexibility index (Phi) is 5.29. The van der Waals surface area contributed by atoms with Crippen molar-refractivity contribution in [2.45, 2.75) is 31.5 Å². The van der Waals surface area contributed by atoms with Gasteiger partial charge in [-0.15, -0.1) is 0 Å². The normalized spacial score (nSPS) is 20.5. The lowest BCUT2D eigenvalue weighted by Crippen LogP contribution is -2.45. The molecule has 2 N–H and O–H groups in total. The second kappa shape index (κ2) is 7.35. The van der Waals surface area contributed by atoms with Crippen LogP contribution in [0.25, 0.3) is 0 Å². The summed E-state index contributed by atoms with van der Waals surface area (Å²) in [5.74, 6) is -0.581. The lowest BCUT2D eigenvalue weighted by atomic mass is 9.86. The summed E-state index contributed by atoms with van der Waals surface area (Å²) in [6.45, 7) is 4.95. The minimum absolute atomic E-state index is 0.0984. The molecule has 144 valence electrons. The molecule has 27 heavy (non-hydrogen) atoms. The number of alkyl halides is 3. The molecular weight excluding hydrogens is 353 g/mol. The first kappa shape index (κ1) is 19.4. The molecular formula is C21H23F3N2O. The molecule has 2 aromatic rings. The average Bonchev–Trinajstić information content (AvgIpc) is 3.11. The van der Waals surface area contributed by atoms with Crippen LogP contribution >= 0.6 is 0 Å². The highest BCUT2D eigenvalue weighted by Gasteiger charge is 2.37. The number of amides is 1. The Morgan fingerprint density at radius 2 is 1.59 bits per heavy atom. The maximum atomic E-state index is 12.9. The molecule has 1 amide bonds. The number of carbonyl (C=O) groups excluding carboxylic acids is 1. The summed E-state index contributed by atoms with van der Waals surface area (Å²) in [5.41, 5.74) is 0.524. The lowest BCUT2D eigenvalue weighted by Gasteiger charge is -2.30. The van der Waals surface area contributed by atoms with Crippen LogP contribution in [-0.4, -0.2) is 19.0 Å². The highest BCUT2D eigenvalue weighted by molar-refractivity contribution is 5.81. The van der Waals surface area contributed by atoms with E-state index in [0.29, 0.717) is 13.1 Å². The number of benzene rings is 2. The van der Waals surface area contributed by atoms with Gasteiger partial charge in [0.15, 0.2) is 0 Å². The predicted octanol–water partition coefficient (Wildman–Crippen LogP) is 4.06. The topological polar surface area (TPSA) is 41.1 Å². The van der Waals surface area contributed by atoms with Gasteiger partial charge >= 0.3 is 6.18 Å². The second-order valence-electron chi connectivity index (χ2n) is 7.47. The summed E-state index contributed by atoms with van der Waals surface area (Å²) in [6, 6.07) is 14.8. The average molecular weight is 376 g/mol. The van der Waals surface area contributed by atoms with Crippen molar-refractivity contribution in [2.24, 2.45) is 5.92 Å². The third-order valence-corrected chi connectivity index (χ3v) is 5.15. The zero-order valence-corrected chi connectivity index (χ0v) is 15.3. The molecule has 2 atom stereocenters. The van der Waals surface area contributed by atoms with Crippen LogP contribution in [0.2, 0.25) is 0 Å². The second-order valence-corrected chi connectivity index (χ2v) is 7.47. The van der Waals surface area contributed by atoms with Crippen LogP contribution in [0.4, 0.5) is 13.2 Å². The van der Waals surface area contributed by atoms with Crippen LogP contribution in [0, 0.1) is 5.92 Å². The van der Waals surface area contributed by atoms with E-state index in [9.17, 15) is 18.0 Å². The van der Waals surface area contributed by atoms with Gasteiger partial charge in [0.05, 0.1) is 17.0 Å². The van der Waals surface area contributed by atoms with Gasteiger partial charge in [-0.25, -0.2) is 0 Å². The van der Waals surface area contributed by atoms with Crippen molar-refractivity contribution in [3.63, 3.8) is 0 Å². The number of hydrogen-bond acceptors (Lipinski definition) is 2. The Labute approximate surface area is 157 Å². The number of halogens is 3. The highest BCUT2D eigenvalue weighted by Crippen LogP contribution is 2.33. The molecule has 1 aliphatic rings. The Morgan fingerprint density at radius 1 is 0.963 bits per heavy atom. The van der Waals surface area contributed by atoms with Gasteiger partial charge in [0.2, 0.25) is 5.91 Å². The Balaban J connectivity index is 1.75. The van der Waals surface area contributed by atoms with E-state index in [0.717, 1.165) is 23.3 Å². The first-order chi connectivity index (χ1) is 12.7. The molecule has 0 radical (unpaired) electrons. The molecule has 2 aromatic carbocycles. The van der Waals surface area contributed by atoms with Crippen molar-refractivity contribution in [2.75, 3.05) is 13.1 Å². The summed E-state index contributed by atoms with van der Waals surface area (Å²) in [7, 11) is 0. The van der Waals surface area contributed by atoms with E-state index in [2.05, 4.69) is 10.6 Å². The molecule has 6 heteroatoms. The van der Waals surface area contributed by atoms with Crippen LogP contribution < -0.4 is 10.6 Å². The molecule has 1 aliphatic heterocycles. The van der Waals surface area contributed by atoms with Crippen molar-refractivity contribution in [3.8, 4) is 0 Å². The van der Waals surface area contributed by atoms with Gasteiger partial charge in [-0.1, -0.05) is 42.5 Å². The zero-order valence-electron chi connectivity index (χ0n) is 15.3. The largest absolute Gasteiger partial charge is 0.416 e. The smallest absolute Gasteiger partial charge is 0.347 e. The molecule has 0 aromatic heterocycles. The molecule has 1 fully saturated rings. The Bertz CT molecular complexity index is 785. The van der Waals surface area contributed by atoms with E-state index in [4.69, 9.17) is 0 Å². The standard InChI is InChI=1S/C21H23F3N2O/c1-20(2,15-6-4-3-5-7-15)26-19(27)18-13-25-12-17(18)14-8-10-16(11-9-14)21(22,23)24/h3-11,17-18,25H,12-13H2,1-2H3,(H,26,27)/t17-,18+/m0/s1. The van der Waals surface area contributed by atoms with Crippen LogP contribution in [0.1, 0.15) is 36.5 Å². The van der Waals surface area contributed by atoms with E-state index >= 15 is 0 Å². The number of hydrogen-bond donors (Lipinski definition) is 2. The molecule has 0 unspecified atom stereocenters. The van der Waals surface area contributed by atoms with E-state index in [1.165, 1.54) is 12.1 Å². The number of nitrogens with one attached hydrogen (secondary N) is 2. The van der Waals surface area contributed by atoms with E-state index < -0.39 is 17.3 Å². The van der Waals surface area contributed by atoms with E-state index in [1.807, 2.05) is 44.2 Å². The van der Waals surface area contributed by atoms with Gasteiger partial charge in [0.1, 0.15) is 0 Å². The molecule has 1 heterocycles. The molecule has 3 nitrogen and oxygen atoms in total. The van der Waals surface area contributed by atoms with Crippen LogP contribution in [0.5, 0.6) is 0 Å².